The van der Waals surface area contributed by atoms with Crippen molar-refractivity contribution in [2.24, 2.45) is 5.73 Å². The molecule has 1 fully saturated rings. The van der Waals surface area contributed by atoms with E-state index < -0.39 is 11.4 Å². The molecule has 0 spiro atoms. The van der Waals surface area contributed by atoms with Crippen molar-refractivity contribution >= 4 is 11.8 Å². The number of methoxy groups -OCH3 is 1. The summed E-state index contributed by atoms with van der Waals surface area (Å²) in [6, 6.07) is 1.79. The molecule has 1 aromatic heterocycles. The Kier molecular flexibility index (Phi) is 4.37. The lowest BCUT2D eigenvalue weighted by atomic mass is 9.95. The molecule has 2 rings (SSSR count). The second kappa shape index (κ2) is 5.89. The fourth-order valence-corrected chi connectivity index (χ4v) is 2.96. The Labute approximate surface area is 124 Å². The Morgan fingerprint density at radius 1 is 1.52 bits per heavy atom. The van der Waals surface area contributed by atoms with Crippen molar-refractivity contribution in [3.63, 3.8) is 0 Å². The van der Waals surface area contributed by atoms with Crippen molar-refractivity contribution in [3.05, 3.63) is 23.7 Å². The number of likely N-dealkylation sites (tertiary alicyclic amines) is 1. The van der Waals surface area contributed by atoms with Gasteiger partial charge >= 0.3 is 0 Å². The Morgan fingerprint density at radius 3 is 2.81 bits per heavy atom. The first-order valence-corrected chi connectivity index (χ1v) is 7.12. The summed E-state index contributed by atoms with van der Waals surface area (Å²) in [7, 11) is 1.50. The molecule has 0 aromatic carbocycles. The standard InChI is InChI=1S/C15H22N2O4/c1-10(2)11-5-8-21-12(11)13(18)17-7-4-6-15(17,9-20-3)14(16)19/h5,8,10H,4,6-7,9H2,1-3H3,(H2,16,19). The molecule has 2 heterocycles. The van der Waals surface area contributed by atoms with Crippen LogP contribution >= 0.6 is 0 Å². The van der Waals surface area contributed by atoms with E-state index in [1.807, 2.05) is 13.8 Å². The van der Waals surface area contributed by atoms with Crippen molar-refractivity contribution in [1.29, 1.82) is 0 Å². The van der Waals surface area contributed by atoms with E-state index in [1.165, 1.54) is 18.3 Å². The van der Waals surface area contributed by atoms with Crippen LogP contribution in [-0.4, -0.2) is 42.5 Å². The molecule has 6 nitrogen and oxygen atoms in total. The molecule has 0 radical (unpaired) electrons. The second-order valence-corrected chi connectivity index (χ2v) is 5.75. The van der Waals surface area contributed by atoms with Crippen LogP contribution in [0.4, 0.5) is 0 Å². The Bertz CT molecular complexity index is 538. The van der Waals surface area contributed by atoms with Gasteiger partial charge in [0.1, 0.15) is 5.54 Å². The van der Waals surface area contributed by atoms with E-state index in [4.69, 9.17) is 14.9 Å². The van der Waals surface area contributed by atoms with Gasteiger partial charge in [-0.15, -0.1) is 0 Å². The molecule has 116 valence electrons. The second-order valence-electron chi connectivity index (χ2n) is 5.75. The lowest BCUT2D eigenvalue weighted by Gasteiger charge is -2.34. The maximum atomic E-state index is 12.8. The molecular weight excluding hydrogens is 272 g/mol. The van der Waals surface area contributed by atoms with Gasteiger partial charge in [0.15, 0.2) is 5.76 Å². The van der Waals surface area contributed by atoms with Crippen LogP contribution in [0.15, 0.2) is 16.7 Å². The number of nitrogens with two attached hydrogens (primary N) is 1. The average molecular weight is 294 g/mol. The minimum absolute atomic E-state index is 0.103. The van der Waals surface area contributed by atoms with E-state index in [-0.39, 0.29) is 24.2 Å². The highest BCUT2D eigenvalue weighted by Crippen LogP contribution is 2.33. The van der Waals surface area contributed by atoms with E-state index in [1.54, 1.807) is 6.07 Å². The highest BCUT2D eigenvalue weighted by molar-refractivity contribution is 5.98. The molecule has 2 N–H and O–H groups in total. The van der Waals surface area contributed by atoms with Gasteiger partial charge in [0.05, 0.1) is 12.9 Å². The van der Waals surface area contributed by atoms with E-state index in [2.05, 4.69) is 0 Å². The van der Waals surface area contributed by atoms with Crippen molar-refractivity contribution in [2.75, 3.05) is 20.3 Å². The smallest absolute Gasteiger partial charge is 0.290 e. The van der Waals surface area contributed by atoms with Gasteiger partial charge in [-0.1, -0.05) is 13.8 Å². The lowest BCUT2D eigenvalue weighted by Crippen LogP contribution is -2.58. The topological polar surface area (TPSA) is 85.8 Å². The summed E-state index contributed by atoms with van der Waals surface area (Å²) in [5, 5.41) is 0. The van der Waals surface area contributed by atoms with Gasteiger partial charge in [0.25, 0.3) is 5.91 Å². The minimum Gasteiger partial charge on any atom is -0.459 e. The number of carbonyl (C=O) groups is 2. The first kappa shape index (κ1) is 15.6. The van der Waals surface area contributed by atoms with Crippen molar-refractivity contribution in [1.82, 2.24) is 4.90 Å². The van der Waals surface area contributed by atoms with Crippen molar-refractivity contribution in [2.45, 2.75) is 38.1 Å². The molecule has 1 aliphatic heterocycles. The number of amides is 2. The molecule has 1 saturated heterocycles. The summed E-state index contributed by atoms with van der Waals surface area (Å²) in [5.74, 6) is -0.380. The zero-order valence-corrected chi connectivity index (χ0v) is 12.7. The molecule has 1 aromatic rings. The normalized spacial score (nSPS) is 22.0. The van der Waals surface area contributed by atoms with Crippen molar-refractivity contribution in [3.8, 4) is 0 Å². The van der Waals surface area contributed by atoms with Crippen LogP contribution in [0, 0.1) is 0 Å². The summed E-state index contributed by atoms with van der Waals surface area (Å²) in [5.41, 5.74) is 5.31. The number of ether oxygens (including phenoxy) is 1. The first-order valence-electron chi connectivity index (χ1n) is 7.12. The summed E-state index contributed by atoms with van der Waals surface area (Å²) in [4.78, 5) is 26.2. The summed E-state index contributed by atoms with van der Waals surface area (Å²) < 4.78 is 10.5. The fourth-order valence-electron chi connectivity index (χ4n) is 2.96. The lowest BCUT2D eigenvalue weighted by molar-refractivity contribution is -0.130. The maximum absolute atomic E-state index is 12.8. The van der Waals surface area contributed by atoms with Crippen LogP contribution in [0.2, 0.25) is 0 Å². The predicted molar refractivity (Wildman–Crippen MR) is 76.9 cm³/mol. The molecule has 1 aliphatic rings. The van der Waals surface area contributed by atoms with Crippen LogP contribution in [0.25, 0.3) is 0 Å². The number of rotatable bonds is 5. The highest BCUT2D eigenvalue weighted by Gasteiger charge is 2.49. The molecule has 6 heteroatoms. The third-order valence-electron chi connectivity index (χ3n) is 4.09. The number of hydrogen-bond donors (Lipinski definition) is 1. The van der Waals surface area contributed by atoms with Crippen LogP contribution < -0.4 is 5.73 Å². The molecule has 21 heavy (non-hydrogen) atoms. The minimum atomic E-state index is -1.08. The van der Waals surface area contributed by atoms with E-state index in [0.29, 0.717) is 13.0 Å². The predicted octanol–water partition coefficient (Wildman–Crippen LogP) is 1.51. The van der Waals surface area contributed by atoms with E-state index >= 15 is 0 Å². The third kappa shape index (κ3) is 2.55. The number of furan rings is 1. The molecule has 0 aliphatic carbocycles. The average Bonchev–Trinajstić information content (AvgIpc) is 3.05. The van der Waals surface area contributed by atoms with Gasteiger partial charge < -0.3 is 19.8 Å². The summed E-state index contributed by atoms with van der Waals surface area (Å²) in [6.45, 7) is 4.55. The molecule has 1 unspecified atom stereocenters. The van der Waals surface area contributed by atoms with Gasteiger partial charge in [-0.25, -0.2) is 0 Å². The van der Waals surface area contributed by atoms with E-state index in [0.717, 1.165) is 12.0 Å². The van der Waals surface area contributed by atoms with Gasteiger partial charge in [-0.05, 0) is 24.8 Å². The molecule has 1 atom stereocenters. The zero-order valence-electron chi connectivity index (χ0n) is 12.7. The SMILES string of the molecule is COCC1(C(N)=O)CCCN1C(=O)c1occc1C(C)C. The molecule has 0 saturated carbocycles. The Hall–Kier alpha value is -1.82. The van der Waals surface area contributed by atoms with Crippen LogP contribution in [0.5, 0.6) is 0 Å². The zero-order chi connectivity index (χ0) is 15.6. The number of carbonyl (C=O) groups excluding carboxylic acids is 2. The van der Waals surface area contributed by atoms with Crippen LogP contribution in [0.1, 0.15) is 48.7 Å². The number of primary amides is 1. The van der Waals surface area contributed by atoms with Gasteiger partial charge in [-0.2, -0.15) is 0 Å². The summed E-state index contributed by atoms with van der Waals surface area (Å²) in [6.07, 6.45) is 2.73. The Balaban J connectivity index is 2.37. The van der Waals surface area contributed by atoms with Crippen molar-refractivity contribution < 1.29 is 18.7 Å². The highest BCUT2D eigenvalue weighted by atomic mass is 16.5. The first-order chi connectivity index (χ1) is 9.94. The monoisotopic (exact) mass is 294 g/mol. The third-order valence-corrected chi connectivity index (χ3v) is 4.09. The largest absolute Gasteiger partial charge is 0.459 e. The number of nitrogens with zero attached hydrogens (tertiary/aromatic N) is 1. The van der Waals surface area contributed by atoms with Gasteiger partial charge in [0, 0.05) is 19.2 Å². The molecule has 2 amide bonds. The fraction of sp³-hybridized carbons (Fsp3) is 0.600. The number of hydrogen-bond acceptors (Lipinski definition) is 4. The Morgan fingerprint density at radius 2 is 2.24 bits per heavy atom. The molecular formula is C15H22N2O4. The molecule has 0 bridgehead atoms. The summed E-state index contributed by atoms with van der Waals surface area (Å²) >= 11 is 0. The maximum Gasteiger partial charge on any atom is 0.290 e. The quantitative estimate of drug-likeness (QED) is 0.892. The van der Waals surface area contributed by atoms with Crippen LogP contribution in [0.3, 0.4) is 0 Å². The van der Waals surface area contributed by atoms with Gasteiger partial charge in [-0.3, -0.25) is 9.59 Å². The van der Waals surface area contributed by atoms with Gasteiger partial charge in [0.2, 0.25) is 5.91 Å². The van der Waals surface area contributed by atoms with E-state index in [9.17, 15) is 9.59 Å². The van der Waals surface area contributed by atoms with Crippen LogP contribution in [-0.2, 0) is 9.53 Å².